The fourth-order valence-corrected chi connectivity index (χ4v) is 1.43. The van der Waals surface area contributed by atoms with Gasteiger partial charge >= 0.3 is 0 Å². The number of nitrogens with zero attached hydrogens (tertiary/aromatic N) is 3. The quantitative estimate of drug-likeness (QED) is 0.823. The van der Waals surface area contributed by atoms with Crippen molar-refractivity contribution in [1.82, 2.24) is 14.8 Å². The minimum Gasteiger partial charge on any atom is -0.325 e. The molecule has 15 heavy (non-hydrogen) atoms. The molecule has 0 fully saturated rings. The monoisotopic (exact) mass is 210 g/mol. The van der Waals surface area contributed by atoms with Crippen LogP contribution in [0.4, 0.5) is 0 Å². The highest BCUT2D eigenvalue weighted by molar-refractivity contribution is 5.13. The normalized spacial score (nSPS) is 13.2. The van der Waals surface area contributed by atoms with Gasteiger partial charge in [-0.1, -0.05) is 20.8 Å². The molecule has 1 heterocycles. The lowest BCUT2D eigenvalue weighted by Crippen LogP contribution is -2.51. The predicted octanol–water partition coefficient (Wildman–Crippen LogP) is 1.70. The van der Waals surface area contributed by atoms with Crippen molar-refractivity contribution < 1.29 is 0 Å². The fourth-order valence-electron chi connectivity index (χ4n) is 1.43. The van der Waals surface area contributed by atoms with Gasteiger partial charge in [0.05, 0.1) is 0 Å². The van der Waals surface area contributed by atoms with Crippen LogP contribution in [0.2, 0.25) is 0 Å². The van der Waals surface area contributed by atoms with Gasteiger partial charge < -0.3 is 10.3 Å². The first-order chi connectivity index (χ1) is 6.80. The Hall–Kier alpha value is -0.900. The minimum absolute atomic E-state index is 0.182. The molecule has 0 unspecified atom stereocenters. The lowest BCUT2D eigenvalue weighted by atomic mass is 9.74. The summed E-state index contributed by atoms with van der Waals surface area (Å²) in [7, 11) is 0. The molecule has 4 nitrogen and oxygen atoms in total. The van der Waals surface area contributed by atoms with Crippen molar-refractivity contribution in [2.45, 2.75) is 58.5 Å². The summed E-state index contributed by atoms with van der Waals surface area (Å²) in [6, 6.07) is 0. The first-order valence-corrected chi connectivity index (χ1v) is 5.48. The third kappa shape index (κ3) is 2.20. The summed E-state index contributed by atoms with van der Waals surface area (Å²) in [4.78, 5) is 0. The molecule has 1 aromatic heterocycles. The molecule has 0 aromatic carbocycles. The molecular formula is C11H22N4. The smallest absolute Gasteiger partial charge is 0.140 e. The summed E-state index contributed by atoms with van der Waals surface area (Å²) >= 11 is 0. The Morgan fingerprint density at radius 2 is 1.93 bits per heavy atom. The Bertz CT molecular complexity index is 320. The van der Waals surface area contributed by atoms with Gasteiger partial charge in [0.2, 0.25) is 0 Å². The van der Waals surface area contributed by atoms with Crippen LogP contribution < -0.4 is 5.73 Å². The third-order valence-corrected chi connectivity index (χ3v) is 3.25. The lowest BCUT2D eigenvalue weighted by Gasteiger charge is -2.37. The van der Waals surface area contributed by atoms with Crippen molar-refractivity contribution >= 4 is 0 Å². The third-order valence-electron chi connectivity index (χ3n) is 3.25. The molecule has 1 aromatic rings. The number of aryl methyl sites for hydroxylation is 1. The van der Waals surface area contributed by atoms with Gasteiger partial charge in [0.25, 0.3) is 0 Å². The maximum absolute atomic E-state index is 6.19. The van der Waals surface area contributed by atoms with Crippen LogP contribution in [0.25, 0.3) is 0 Å². The Kier molecular flexibility index (Phi) is 3.19. The number of aromatic nitrogens is 3. The summed E-state index contributed by atoms with van der Waals surface area (Å²) in [5, 5.41) is 8.18. The van der Waals surface area contributed by atoms with Crippen LogP contribution in [0.15, 0.2) is 6.33 Å². The van der Waals surface area contributed by atoms with E-state index in [4.69, 9.17) is 5.73 Å². The standard InChI is InChI=1S/C11H22N4/c1-6-7-15-8-13-14-9(15)10(2,3)11(4,5)12/h8H,6-7,12H2,1-5H3. The highest BCUT2D eigenvalue weighted by Gasteiger charge is 2.38. The summed E-state index contributed by atoms with van der Waals surface area (Å²) < 4.78 is 2.09. The van der Waals surface area contributed by atoms with E-state index in [1.54, 1.807) is 6.33 Å². The summed E-state index contributed by atoms with van der Waals surface area (Å²) in [5.74, 6) is 0.969. The van der Waals surface area contributed by atoms with E-state index in [9.17, 15) is 0 Å². The SMILES string of the molecule is CCCn1cnnc1C(C)(C)C(C)(C)N. The molecule has 0 spiro atoms. The van der Waals surface area contributed by atoms with E-state index in [0.29, 0.717) is 0 Å². The molecular weight excluding hydrogens is 188 g/mol. The number of hydrogen-bond acceptors (Lipinski definition) is 3. The molecule has 0 atom stereocenters. The average Bonchev–Trinajstić information content (AvgIpc) is 2.51. The van der Waals surface area contributed by atoms with Crippen LogP contribution in [-0.2, 0) is 12.0 Å². The van der Waals surface area contributed by atoms with Crippen molar-refractivity contribution in [3.8, 4) is 0 Å². The van der Waals surface area contributed by atoms with Gasteiger partial charge in [-0.3, -0.25) is 0 Å². The van der Waals surface area contributed by atoms with Crippen molar-refractivity contribution in [2.75, 3.05) is 0 Å². The Balaban J connectivity index is 3.09. The highest BCUT2D eigenvalue weighted by Crippen LogP contribution is 2.31. The number of hydrogen-bond donors (Lipinski definition) is 1. The molecule has 0 aliphatic carbocycles. The van der Waals surface area contributed by atoms with Crippen LogP contribution in [-0.4, -0.2) is 20.3 Å². The molecule has 0 aliphatic heterocycles. The van der Waals surface area contributed by atoms with Crippen LogP contribution in [0.1, 0.15) is 46.9 Å². The topological polar surface area (TPSA) is 56.7 Å². The maximum Gasteiger partial charge on any atom is 0.140 e. The van der Waals surface area contributed by atoms with Crippen LogP contribution >= 0.6 is 0 Å². The van der Waals surface area contributed by atoms with E-state index in [1.807, 2.05) is 13.8 Å². The summed E-state index contributed by atoms with van der Waals surface area (Å²) in [6.07, 6.45) is 2.86. The van der Waals surface area contributed by atoms with Gasteiger partial charge in [-0.05, 0) is 20.3 Å². The van der Waals surface area contributed by atoms with Crippen LogP contribution in [0, 0.1) is 0 Å². The average molecular weight is 210 g/mol. The van der Waals surface area contributed by atoms with Gasteiger partial charge in [0, 0.05) is 17.5 Å². The van der Waals surface area contributed by atoms with Crippen LogP contribution in [0.3, 0.4) is 0 Å². The molecule has 4 heteroatoms. The second-order valence-electron chi connectivity index (χ2n) is 5.19. The second kappa shape index (κ2) is 3.93. The minimum atomic E-state index is -0.314. The molecule has 2 N–H and O–H groups in total. The van der Waals surface area contributed by atoms with Gasteiger partial charge in [0.1, 0.15) is 12.2 Å². The maximum atomic E-state index is 6.19. The zero-order chi connectivity index (χ0) is 11.7. The van der Waals surface area contributed by atoms with Gasteiger partial charge in [0.15, 0.2) is 0 Å². The molecule has 0 saturated carbocycles. The summed E-state index contributed by atoms with van der Waals surface area (Å²) in [5.41, 5.74) is 5.69. The van der Waals surface area contributed by atoms with E-state index < -0.39 is 0 Å². The molecule has 0 radical (unpaired) electrons. The Morgan fingerprint density at radius 3 is 2.40 bits per heavy atom. The largest absolute Gasteiger partial charge is 0.325 e. The molecule has 0 amide bonds. The molecule has 0 bridgehead atoms. The molecule has 0 saturated heterocycles. The van der Waals surface area contributed by atoms with E-state index in [2.05, 4.69) is 35.5 Å². The second-order valence-corrected chi connectivity index (χ2v) is 5.19. The predicted molar refractivity (Wildman–Crippen MR) is 61.6 cm³/mol. The zero-order valence-corrected chi connectivity index (χ0v) is 10.4. The van der Waals surface area contributed by atoms with Gasteiger partial charge in [-0.15, -0.1) is 10.2 Å². The molecule has 86 valence electrons. The van der Waals surface area contributed by atoms with Crippen LogP contribution in [0.5, 0.6) is 0 Å². The number of nitrogens with two attached hydrogens (primary N) is 1. The Labute approximate surface area is 91.9 Å². The van der Waals surface area contributed by atoms with E-state index in [0.717, 1.165) is 18.8 Å². The summed E-state index contributed by atoms with van der Waals surface area (Å²) in [6.45, 7) is 11.4. The van der Waals surface area contributed by atoms with Gasteiger partial charge in [-0.25, -0.2) is 0 Å². The van der Waals surface area contributed by atoms with E-state index >= 15 is 0 Å². The van der Waals surface area contributed by atoms with Crippen molar-refractivity contribution in [2.24, 2.45) is 5.73 Å². The lowest BCUT2D eigenvalue weighted by molar-refractivity contribution is 0.280. The zero-order valence-electron chi connectivity index (χ0n) is 10.4. The Morgan fingerprint density at radius 1 is 1.33 bits per heavy atom. The first kappa shape index (κ1) is 12.2. The highest BCUT2D eigenvalue weighted by atomic mass is 15.3. The van der Waals surface area contributed by atoms with Crippen molar-refractivity contribution in [1.29, 1.82) is 0 Å². The van der Waals surface area contributed by atoms with Gasteiger partial charge in [-0.2, -0.15) is 0 Å². The fraction of sp³-hybridized carbons (Fsp3) is 0.818. The van der Waals surface area contributed by atoms with E-state index in [1.165, 1.54) is 0 Å². The molecule has 1 rings (SSSR count). The van der Waals surface area contributed by atoms with Crippen molar-refractivity contribution in [3.63, 3.8) is 0 Å². The molecule has 0 aliphatic rings. The first-order valence-electron chi connectivity index (χ1n) is 5.48. The van der Waals surface area contributed by atoms with Crippen molar-refractivity contribution in [3.05, 3.63) is 12.2 Å². The number of rotatable bonds is 4. The van der Waals surface area contributed by atoms with E-state index in [-0.39, 0.29) is 11.0 Å².